The first-order valence-electron chi connectivity index (χ1n) is 5.91. The smallest absolute Gasteiger partial charge is 0.305 e. The van der Waals surface area contributed by atoms with Crippen LogP contribution in [0.15, 0.2) is 12.1 Å². The number of carboxylic acid groups (broad SMARTS) is 1. The van der Waals surface area contributed by atoms with Crippen LogP contribution in [-0.4, -0.2) is 38.4 Å². The van der Waals surface area contributed by atoms with Crippen molar-refractivity contribution in [3.63, 3.8) is 0 Å². The van der Waals surface area contributed by atoms with E-state index in [0.717, 1.165) is 5.69 Å². The van der Waals surface area contributed by atoms with E-state index in [1.165, 1.54) is 7.11 Å². The van der Waals surface area contributed by atoms with Gasteiger partial charge in [0.15, 0.2) is 0 Å². The molecule has 0 spiro atoms. The summed E-state index contributed by atoms with van der Waals surface area (Å²) in [4.78, 5) is 12.6. The number of hydrogen-bond donors (Lipinski definition) is 1. The lowest BCUT2D eigenvalue weighted by molar-refractivity contribution is -0.136. The number of rotatable bonds is 7. The third-order valence-electron chi connectivity index (χ3n) is 2.77. The second-order valence-electron chi connectivity index (χ2n) is 3.88. The van der Waals surface area contributed by atoms with E-state index >= 15 is 0 Å². The predicted octanol–water partition coefficient (Wildman–Crippen LogP) is 2.66. The molecule has 5 nitrogen and oxygen atoms in total. The van der Waals surface area contributed by atoms with Crippen LogP contribution >= 0.6 is 11.6 Å². The van der Waals surface area contributed by atoms with Gasteiger partial charge >= 0.3 is 5.97 Å². The van der Waals surface area contributed by atoms with Crippen molar-refractivity contribution in [3.05, 3.63) is 17.2 Å². The van der Waals surface area contributed by atoms with E-state index in [1.54, 1.807) is 19.2 Å². The monoisotopic (exact) mass is 287 g/mol. The zero-order chi connectivity index (χ0) is 14.4. The first-order chi connectivity index (χ1) is 9.03. The summed E-state index contributed by atoms with van der Waals surface area (Å²) in [5.74, 6) is 0.294. The third-order valence-corrected chi connectivity index (χ3v) is 3.07. The molecule has 0 aromatic heterocycles. The van der Waals surface area contributed by atoms with Gasteiger partial charge in [0.25, 0.3) is 0 Å². The molecule has 0 saturated heterocycles. The minimum absolute atomic E-state index is 0.0575. The van der Waals surface area contributed by atoms with Crippen LogP contribution in [0, 0.1) is 0 Å². The number of aliphatic carboxylic acids is 1. The van der Waals surface area contributed by atoms with E-state index < -0.39 is 5.97 Å². The van der Waals surface area contributed by atoms with Crippen LogP contribution in [0.1, 0.15) is 13.3 Å². The van der Waals surface area contributed by atoms with E-state index in [1.807, 2.05) is 11.8 Å². The topological polar surface area (TPSA) is 59.0 Å². The van der Waals surface area contributed by atoms with Crippen molar-refractivity contribution in [2.75, 3.05) is 32.2 Å². The first kappa shape index (κ1) is 15.4. The van der Waals surface area contributed by atoms with Crippen molar-refractivity contribution in [1.29, 1.82) is 0 Å². The Kier molecular flexibility index (Phi) is 5.76. The molecule has 1 aromatic rings. The average Bonchev–Trinajstić information content (AvgIpc) is 2.39. The number of anilines is 1. The minimum Gasteiger partial charge on any atom is -0.495 e. The Morgan fingerprint density at radius 2 is 1.95 bits per heavy atom. The van der Waals surface area contributed by atoms with E-state index in [2.05, 4.69) is 0 Å². The maximum Gasteiger partial charge on any atom is 0.305 e. The summed E-state index contributed by atoms with van der Waals surface area (Å²) in [6.07, 6.45) is 0.0575. The largest absolute Gasteiger partial charge is 0.495 e. The van der Waals surface area contributed by atoms with E-state index in [4.69, 9.17) is 26.2 Å². The van der Waals surface area contributed by atoms with Gasteiger partial charge in [-0.2, -0.15) is 0 Å². The maximum absolute atomic E-state index is 10.7. The molecule has 1 N–H and O–H groups in total. The van der Waals surface area contributed by atoms with Gasteiger partial charge < -0.3 is 19.5 Å². The molecule has 0 bridgehead atoms. The Morgan fingerprint density at radius 3 is 2.42 bits per heavy atom. The van der Waals surface area contributed by atoms with Gasteiger partial charge in [-0.25, -0.2) is 0 Å². The number of halogens is 1. The minimum atomic E-state index is -0.835. The Hall–Kier alpha value is -1.62. The quantitative estimate of drug-likeness (QED) is 0.835. The summed E-state index contributed by atoms with van der Waals surface area (Å²) in [5.41, 5.74) is 0.771. The fourth-order valence-electron chi connectivity index (χ4n) is 1.77. The molecule has 0 saturated carbocycles. The molecule has 0 atom stereocenters. The summed E-state index contributed by atoms with van der Waals surface area (Å²) >= 11 is 6.04. The average molecular weight is 288 g/mol. The number of methoxy groups -OCH3 is 2. The highest BCUT2D eigenvalue weighted by molar-refractivity contribution is 6.32. The van der Waals surface area contributed by atoms with Gasteiger partial charge in [0.1, 0.15) is 11.5 Å². The highest BCUT2D eigenvalue weighted by atomic mass is 35.5. The van der Waals surface area contributed by atoms with Crippen LogP contribution in [-0.2, 0) is 4.79 Å². The van der Waals surface area contributed by atoms with Crippen LogP contribution < -0.4 is 14.4 Å². The summed E-state index contributed by atoms with van der Waals surface area (Å²) in [7, 11) is 3.08. The molecular formula is C13H18ClNO4. The predicted molar refractivity (Wildman–Crippen MR) is 74.7 cm³/mol. The zero-order valence-corrected chi connectivity index (χ0v) is 12.0. The van der Waals surface area contributed by atoms with Crippen LogP contribution in [0.25, 0.3) is 0 Å². The summed E-state index contributed by atoms with van der Waals surface area (Å²) in [6, 6.07) is 3.42. The van der Waals surface area contributed by atoms with Crippen molar-refractivity contribution < 1.29 is 19.4 Å². The lowest BCUT2D eigenvalue weighted by atomic mass is 10.2. The van der Waals surface area contributed by atoms with Gasteiger partial charge in [-0.3, -0.25) is 4.79 Å². The van der Waals surface area contributed by atoms with Crippen LogP contribution in [0.2, 0.25) is 5.02 Å². The molecule has 0 aliphatic carbocycles. The molecule has 0 heterocycles. The molecule has 19 heavy (non-hydrogen) atoms. The Bertz CT molecular complexity index is 451. The highest BCUT2D eigenvalue weighted by Crippen LogP contribution is 2.38. The number of ether oxygens (including phenoxy) is 2. The molecule has 0 fully saturated rings. The summed E-state index contributed by atoms with van der Waals surface area (Å²) in [6.45, 7) is 3.00. The van der Waals surface area contributed by atoms with Crippen molar-refractivity contribution in [1.82, 2.24) is 0 Å². The molecule has 0 amide bonds. The van der Waals surface area contributed by atoms with Gasteiger partial charge in [-0.1, -0.05) is 11.6 Å². The second-order valence-corrected chi connectivity index (χ2v) is 4.29. The number of carbonyl (C=O) groups is 1. The normalized spacial score (nSPS) is 10.1. The number of benzene rings is 1. The lowest BCUT2D eigenvalue weighted by Crippen LogP contribution is -2.26. The van der Waals surface area contributed by atoms with E-state index in [9.17, 15) is 4.79 Å². The lowest BCUT2D eigenvalue weighted by Gasteiger charge is -2.25. The Morgan fingerprint density at radius 1 is 1.32 bits per heavy atom. The van der Waals surface area contributed by atoms with Gasteiger partial charge in [0, 0.05) is 25.2 Å². The molecule has 1 aromatic carbocycles. The Labute approximate surface area is 117 Å². The van der Waals surface area contributed by atoms with Gasteiger partial charge in [0.05, 0.1) is 31.4 Å². The fraction of sp³-hybridized carbons (Fsp3) is 0.462. The van der Waals surface area contributed by atoms with Gasteiger partial charge in [-0.15, -0.1) is 0 Å². The SMILES string of the molecule is CCN(CCC(=O)O)c1cc(OC)c(Cl)cc1OC. The van der Waals surface area contributed by atoms with Crippen LogP contribution in [0.5, 0.6) is 11.5 Å². The van der Waals surface area contributed by atoms with Crippen LogP contribution in [0.3, 0.4) is 0 Å². The van der Waals surface area contributed by atoms with Crippen molar-refractivity contribution in [3.8, 4) is 11.5 Å². The maximum atomic E-state index is 10.7. The fourth-order valence-corrected chi connectivity index (χ4v) is 2.00. The number of nitrogens with zero attached hydrogens (tertiary/aromatic N) is 1. The molecule has 6 heteroatoms. The summed E-state index contributed by atoms with van der Waals surface area (Å²) < 4.78 is 10.5. The van der Waals surface area contributed by atoms with Crippen molar-refractivity contribution in [2.45, 2.75) is 13.3 Å². The molecule has 106 valence electrons. The molecule has 0 radical (unpaired) electrons. The molecular weight excluding hydrogens is 270 g/mol. The van der Waals surface area contributed by atoms with E-state index in [0.29, 0.717) is 29.6 Å². The highest BCUT2D eigenvalue weighted by Gasteiger charge is 2.15. The molecule has 0 unspecified atom stereocenters. The Balaban J connectivity index is 3.09. The molecule has 0 aliphatic heterocycles. The van der Waals surface area contributed by atoms with E-state index in [-0.39, 0.29) is 6.42 Å². The zero-order valence-electron chi connectivity index (χ0n) is 11.3. The van der Waals surface area contributed by atoms with Crippen molar-refractivity contribution in [2.24, 2.45) is 0 Å². The standard InChI is InChI=1S/C13H18ClNO4/c1-4-15(6-5-13(16)17)10-8-11(18-2)9(14)7-12(10)19-3/h7-8H,4-6H2,1-3H3,(H,16,17). The number of carboxylic acids is 1. The van der Waals surface area contributed by atoms with Gasteiger partial charge in [0.2, 0.25) is 0 Å². The molecule has 0 aliphatic rings. The summed E-state index contributed by atoms with van der Waals surface area (Å²) in [5, 5.41) is 9.23. The van der Waals surface area contributed by atoms with Crippen molar-refractivity contribution >= 4 is 23.3 Å². The second kappa shape index (κ2) is 7.09. The van der Waals surface area contributed by atoms with Gasteiger partial charge in [-0.05, 0) is 6.92 Å². The number of hydrogen-bond acceptors (Lipinski definition) is 4. The third kappa shape index (κ3) is 3.92. The molecule has 1 rings (SSSR count). The first-order valence-corrected chi connectivity index (χ1v) is 6.29. The van der Waals surface area contributed by atoms with Crippen LogP contribution in [0.4, 0.5) is 5.69 Å².